The number of hydrogen-bond acceptors (Lipinski definition) is 3. The van der Waals surface area contributed by atoms with Crippen LogP contribution in [0.15, 0.2) is 0 Å². The molecule has 0 aliphatic carbocycles. The Morgan fingerprint density at radius 2 is 2.50 bits per heavy atom. The summed E-state index contributed by atoms with van der Waals surface area (Å²) in [5.41, 5.74) is 3.96. The lowest BCUT2D eigenvalue weighted by Crippen LogP contribution is -2.59. The van der Waals surface area contributed by atoms with Crippen molar-refractivity contribution in [2.24, 2.45) is 5.73 Å². The topological polar surface area (TPSA) is 72.6 Å². The second kappa shape index (κ2) is 1.43. The van der Waals surface area contributed by atoms with Gasteiger partial charge in [-0.25, -0.2) is 0 Å². The molecule has 1 saturated heterocycles. The lowest BCUT2D eigenvalue weighted by molar-refractivity contribution is -0.152. The fraction of sp³-hybridized carbons (Fsp3) is 0.500. The Labute approximate surface area is 46.2 Å². The number of rotatable bonds is 1. The SMILES string of the molecule is NC1(C(=O)O)[CH]OC1. The monoisotopic (exact) mass is 116 g/mol. The summed E-state index contributed by atoms with van der Waals surface area (Å²) in [5, 5.41) is 8.26. The van der Waals surface area contributed by atoms with Gasteiger partial charge in [0.2, 0.25) is 0 Å². The smallest absolute Gasteiger partial charge is 0.328 e. The molecule has 1 unspecified atom stereocenters. The standard InChI is InChI=1S/C4H6NO3/c5-4(3(6)7)1-8-2-4/h1H,2,5H2,(H,6,7). The summed E-state index contributed by atoms with van der Waals surface area (Å²) < 4.78 is 4.47. The first-order chi connectivity index (χ1) is 3.65. The lowest BCUT2D eigenvalue weighted by Gasteiger charge is -2.31. The number of nitrogens with two attached hydrogens (primary N) is 1. The molecule has 0 aromatic rings. The third kappa shape index (κ3) is 0.579. The van der Waals surface area contributed by atoms with Gasteiger partial charge in [0.25, 0.3) is 0 Å². The van der Waals surface area contributed by atoms with Crippen LogP contribution in [-0.2, 0) is 9.53 Å². The lowest BCUT2D eigenvalue weighted by atomic mass is 10.0. The van der Waals surface area contributed by atoms with E-state index in [0.29, 0.717) is 0 Å². The van der Waals surface area contributed by atoms with Crippen LogP contribution >= 0.6 is 0 Å². The minimum Gasteiger partial charge on any atom is -0.480 e. The molecule has 3 N–H and O–H groups in total. The molecule has 0 saturated carbocycles. The van der Waals surface area contributed by atoms with E-state index in [4.69, 9.17) is 10.8 Å². The van der Waals surface area contributed by atoms with E-state index in [0.717, 1.165) is 6.61 Å². The van der Waals surface area contributed by atoms with Crippen molar-refractivity contribution in [2.45, 2.75) is 5.54 Å². The Kier molecular flexibility index (Phi) is 0.988. The van der Waals surface area contributed by atoms with E-state index in [1.807, 2.05) is 0 Å². The molecule has 45 valence electrons. The fourth-order valence-corrected chi connectivity index (χ4v) is 0.375. The van der Waals surface area contributed by atoms with Crippen molar-refractivity contribution >= 4 is 5.97 Å². The van der Waals surface area contributed by atoms with E-state index in [9.17, 15) is 4.79 Å². The van der Waals surface area contributed by atoms with E-state index >= 15 is 0 Å². The summed E-state index contributed by atoms with van der Waals surface area (Å²) in [6, 6.07) is 0. The zero-order valence-electron chi connectivity index (χ0n) is 4.13. The van der Waals surface area contributed by atoms with Gasteiger partial charge in [0.1, 0.15) is 6.61 Å². The van der Waals surface area contributed by atoms with Gasteiger partial charge < -0.3 is 15.6 Å². The largest absolute Gasteiger partial charge is 0.480 e. The van der Waals surface area contributed by atoms with Crippen molar-refractivity contribution in [1.82, 2.24) is 0 Å². The number of carbonyl (C=O) groups is 1. The van der Waals surface area contributed by atoms with Crippen molar-refractivity contribution in [3.05, 3.63) is 6.61 Å². The van der Waals surface area contributed by atoms with Crippen molar-refractivity contribution in [2.75, 3.05) is 6.61 Å². The molecule has 1 rings (SSSR count). The minimum atomic E-state index is -1.21. The van der Waals surface area contributed by atoms with Gasteiger partial charge in [-0.2, -0.15) is 0 Å². The number of carboxylic acids is 1. The Hall–Kier alpha value is -0.610. The molecule has 1 aliphatic rings. The Bertz CT molecular complexity index is 118. The highest BCUT2D eigenvalue weighted by atomic mass is 16.5. The average molecular weight is 116 g/mol. The predicted molar refractivity (Wildman–Crippen MR) is 24.8 cm³/mol. The summed E-state index contributed by atoms with van der Waals surface area (Å²) in [6.45, 7) is 1.21. The van der Waals surface area contributed by atoms with Gasteiger partial charge in [-0.1, -0.05) is 0 Å². The molecule has 1 aliphatic heterocycles. The van der Waals surface area contributed by atoms with Gasteiger partial charge in [-0.05, 0) is 0 Å². The highest BCUT2D eigenvalue weighted by Crippen LogP contribution is 2.17. The van der Waals surface area contributed by atoms with E-state index in [1.165, 1.54) is 0 Å². The predicted octanol–water partition coefficient (Wildman–Crippen LogP) is -1.04. The van der Waals surface area contributed by atoms with Crippen LogP contribution in [0.4, 0.5) is 0 Å². The van der Waals surface area contributed by atoms with Crippen LogP contribution in [0.25, 0.3) is 0 Å². The Balaban J connectivity index is 2.53. The van der Waals surface area contributed by atoms with Crippen molar-refractivity contribution < 1.29 is 14.6 Å². The van der Waals surface area contributed by atoms with Crippen LogP contribution < -0.4 is 5.73 Å². The van der Waals surface area contributed by atoms with Crippen molar-refractivity contribution in [1.29, 1.82) is 0 Å². The summed E-state index contributed by atoms with van der Waals surface area (Å²) in [5.74, 6) is -1.04. The Morgan fingerprint density at radius 1 is 2.00 bits per heavy atom. The summed E-state index contributed by atoms with van der Waals surface area (Å²) in [6.07, 6.45) is 0. The summed E-state index contributed by atoms with van der Waals surface area (Å²) in [4.78, 5) is 10.1. The molecule has 0 amide bonds. The molecule has 4 nitrogen and oxygen atoms in total. The first kappa shape index (κ1) is 5.53. The normalized spacial score (nSPS) is 24.1. The molecule has 1 atom stereocenters. The molecule has 0 bridgehead atoms. The molecular formula is C4H6NO3. The molecule has 1 radical (unpaired) electrons. The molecule has 1 heterocycles. The van der Waals surface area contributed by atoms with Gasteiger partial charge in [0, 0.05) is 0 Å². The molecular weight excluding hydrogens is 110 g/mol. The first-order valence-corrected chi connectivity index (χ1v) is 2.13. The van der Waals surface area contributed by atoms with Gasteiger partial charge in [0.15, 0.2) is 5.54 Å². The zero-order valence-corrected chi connectivity index (χ0v) is 4.13. The van der Waals surface area contributed by atoms with Crippen LogP contribution in [-0.4, -0.2) is 23.2 Å². The molecule has 1 fully saturated rings. The van der Waals surface area contributed by atoms with E-state index in [2.05, 4.69) is 4.74 Å². The van der Waals surface area contributed by atoms with Gasteiger partial charge >= 0.3 is 5.97 Å². The van der Waals surface area contributed by atoms with Gasteiger partial charge in [-0.15, -0.1) is 0 Å². The van der Waals surface area contributed by atoms with Crippen LogP contribution in [0.5, 0.6) is 0 Å². The second-order valence-corrected chi connectivity index (χ2v) is 1.77. The third-order valence-electron chi connectivity index (χ3n) is 1.01. The van der Waals surface area contributed by atoms with Crippen LogP contribution in [0.3, 0.4) is 0 Å². The zero-order chi connectivity index (χ0) is 6.20. The highest BCUT2D eigenvalue weighted by Gasteiger charge is 2.42. The maximum absolute atomic E-state index is 10.1. The number of ether oxygens (including phenoxy) is 1. The maximum Gasteiger partial charge on any atom is 0.328 e. The van der Waals surface area contributed by atoms with E-state index in [-0.39, 0.29) is 6.61 Å². The van der Waals surface area contributed by atoms with E-state index in [1.54, 1.807) is 0 Å². The molecule has 8 heavy (non-hydrogen) atoms. The number of aliphatic carboxylic acids is 1. The first-order valence-electron chi connectivity index (χ1n) is 2.13. The van der Waals surface area contributed by atoms with Crippen molar-refractivity contribution in [3.63, 3.8) is 0 Å². The molecule has 0 aromatic carbocycles. The second-order valence-electron chi connectivity index (χ2n) is 1.77. The summed E-state index contributed by atoms with van der Waals surface area (Å²) in [7, 11) is 0. The van der Waals surface area contributed by atoms with Crippen molar-refractivity contribution in [3.8, 4) is 0 Å². The quantitative estimate of drug-likeness (QED) is 0.459. The van der Waals surface area contributed by atoms with Gasteiger partial charge in [0.05, 0.1) is 6.61 Å². The average Bonchev–Trinajstić information content (AvgIpc) is 1.60. The molecule has 0 aromatic heterocycles. The van der Waals surface area contributed by atoms with Crippen LogP contribution in [0.1, 0.15) is 0 Å². The number of carboxylic acid groups (broad SMARTS) is 1. The van der Waals surface area contributed by atoms with Gasteiger partial charge in [-0.3, -0.25) is 4.79 Å². The summed E-state index contributed by atoms with van der Waals surface area (Å²) >= 11 is 0. The fourth-order valence-electron chi connectivity index (χ4n) is 0.375. The maximum atomic E-state index is 10.1. The molecule has 4 heteroatoms. The van der Waals surface area contributed by atoms with E-state index < -0.39 is 11.5 Å². The molecule has 0 spiro atoms. The van der Waals surface area contributed by atoms with Crippen LogP contribution in [0, 0.1) is 6.61 Å². The number of hydrogen-bond donors (Lipinski definition) is 2. The third-order valence-corrected chi connectivity index (χ3v) is 1.01. The minimum absolute atomic E-state index is 0.0856. The Morgan fingerprint density at radius 3 is 2.50 bits per heavy atom. The van der Waals surface area contributed by atoms with Crippen LogP contribution in [0.2, 0.25) is 0 Å². The highest BCUT2D eigenvalue weighted by molar-refractivity contribution is 5.81.